The van der Waals surface area contributed by atoms with Gasteiger partial charge in [0.05, 0.1) is 18.4 Å². The number of nitrogens with one attached hydrogen (secondary N) is 1. The monoisotopic (exact) mass is 205 g/mol. The number of nitrogens with two attached hydrogens (primary N) is 1. The number of hydrogen-bond acceptors (Lipinski definition) is 2. The molecule has 0 fully saturated rings. The van der Waals surface area contributed by atoms with E-state index in [4.69, 9.17) is 11.5 Å². The van der Waals surface area contributed by atoms with Crippen molar-refractivity contribution in [2.45, 2.75) is 6.18 Å². The molecular weight excluding hydrogens is 197 g/mol. The van der Waals surface area contributed by atoms with Crippen LogP contribution in [0, 0.1) is 0 Å². The molecule has 0 radical (unpaired) electrons. The van der Waals surface area contributed by atoms with E-state index in [9.17, 15) is 13.2 Å². The first-order chi connectivity index (χ1) is 6.36. The van der Waals surface area contributed by atoms with Crippen LogP contribution in [0.5, 0.6) is 5.75 Å². The zero-order valence-electron chi connectivity index (χ0n) is 7.27. The number of alkyl halides is 3. The van der Waals surface area contributed by atoms with Gasteiger partial charge in [0.1, 0.15) is 5.75 Å². The Balaban J connectivity index is 3.28. The molecule has 0 bridgehead atoms. The number of benzene rings is 1. The molecule has 1 aromatic carbocycles. The van der Waals surface area contributed by atoms with E-state index in [0.717, 1.165) is 6.07 Å². The Morgan fingerprint density at radius 2 is 1.93 bits per heavy atom. The fourth-order valence-corrected chi connectivity index (χ4v) is 1.04. The topological polar surface area (TPSA) is 59.0 Å². The molecule has 0 spiro atoms. The SMILES string of the molecule is COc1c([NH-])cc(C(F)(F)F)cc1N. The molecule has 0 saturated carbocycles. The first-order valence-electron chi connectivity index (χ1n) is 3.62. The van der Waals surface area contributed by atoms with E-state index in [-0.39, 0.29) is 17.1 Å². The summed E-state index contributed by atoms with van der Waals surface area (Å²) >= 11 is 0. The summed E-state index contributed by atoms with van der Waals surface area (Å²) in [7, 11) is 1.25. The fraction of sp³-hybridized carbons (Fsp3) is 0.250. The predicted molar refractivity (Wildman–Crippen MR) is 46.4 cm³/mol. The van der Waals surface area contributed by atoms with Crippen LogP contribution in [0.4, 0.5) is 24.5 Å². The Bertz CT molecular complexity index is 326. The highest BCUT2D eigenvalue weighted by atomic mass is 19.4. The first-order valence-corrected chi connectivity index (χ1v) is 3.62. The molecule has 1 rings (SSSR count). The van der Waals surface area contributed by atoms with Crippen LogP contribution in [0.15, 0.2) is 12.1 Å². The lowest BCUT2D eigenvalue weighted by Gasteiger charge is -2.16. The lowest BCUT2D eigenvalue weighted by molar-refractivity contribution is -0.137. The van der Waals surface area contributed by atoms with Crippen LogP contribution in [-0.4, -0.2) is 7.11 Å². The number of halogens is 3. The molecular formula is C8H8F3N2O-. The molecule has 78 valence electrons. The number of nitrogen functional groups attached to an aromatic ring is 1. The third-order valence-corrected chi connectivity index (χ3v) is 1.65. The van der Waals surface area contributed by atoms with Gasteiger partial charge in [-0.05, 0) is 6.07 Å². The van der Waals surface area contributed by atoms with Crippen molar-refractivity contribution in [3.05, 3.63) is 23.4 Å². The maximum Gasteiger partial charge on any atom is 0.416 e. The largest absolute Gasteiger partial charge is 0.696 e. The van der Waals surface area contributed by atoms with E-state index in [0.29, 0.717) is 6.07 Å². The minimum atomic E-state index is -4.49. The minimum absolute atomic E-state index is 0.0435. The molecule has 0 aromatic heterocycles. The van der Waals surface area contributed by atoms with Crippen molar-refractivity contribution in [3.63, 3.8) is 0 Å². The van der Waals surface area contributed by atoms with Crippen LogP contribution < -0.4 is 10.5 Å². The zero-order chi connectivity index (χ0) is 10.9. The van der Waals surface area contributed by atoms with Crippen molar-refractivity contribution in [2.24, 2.45) is 0 Å². The lowest BCUT2D eigenvalue weighted by atomic mass is 10.1. The van der Waals surface area contributed by atoms with E-state index in [2.05, 4.69) is 4.74 Å². The molecule has 0 aliphatic heterocycles. The summed E-state index contributed by atoms with van der Waals surface area (Å²) in [5, 5.41) is 0. The van der Waals surface area contributed by atoms with Crippen molar-refractivity contribution >= 4 is 11.4 Å². The second-order valence-electron chi connectivity index (χ2n) is 2.64. The molecule has 0 heterocycles. The van der Waals surface area contributed by atoms with Gasteiger partial charge in [-0.2, -0.15) is 13.2 Å². The highest BCUT2D eigenvalue weighted by Crippen LogP contribution is 2.39. The third-order valence-electron chi connectivity index (χ3n) is 1.65. The van der Waals surface area contributed by atoms with E-state index in [1.807, 2.05) is 0 Å². The highest BCUT2D eigenvalue weighted by molar-refractivity contribution is 5.71. The van der Waals surface area contributed by atoms with Gasteiger partial charge >= 0.3 is 6.18 Å². The molecule has 0 aliphatic rings. The van der Waals surface area contributed by atoms with Gasteiger partial charge in [-0.15, -0.1) is 0 Å². The molecule has 0 amide bonds. The molecule has 0 aliphatic carbocycles. The van der Waals surface area contributed by atoms with Gasteiger partial charge in [-0.1, -0.05) is 11.8 Å². The van der Waals surface area contributed by atoms with Gasteiger partial charge in [0.25, 0.3) is 0 Å². The Morgan fingerprint density at radius 3 is 2.29 bits per heavy atom. The summed E-state index contributed by atoms with van der Waals surface area (Å²) in [6.45, 7) is 0. The third kappa shape index (κ3) is 1.84. The zero-order valence-corrected chi connectivity index (χ0v) is 7.27. The number of ether oxygens (including phenoxy) is 1. The summed E-state index contributed by atoms with van der Waals surface area (Å²) in [4.78, 5) is 0. The van der Waals surface area contributed by atoms with Gasteiger partial charge in [-0.3, -0.25) is 0 Å². The Morgan fingerprint density at radius 1 is 1.36 bits per heavy atom. The molecule has 3 N–H and O–H groups in total. The summed E-state index contributed by atoms with van der Waals surface area (Å²) in [5.74, 6) is -0.0435. The van der Waals surface area contributed by atoms with Crippen molar-refractivity contribution in [1.29, 1.82) is 0 Å². The van der Waals surface area contributed by atoms with Crippen molar-refractivity contribution < 1.29 is 17.9 Å². The van der Waals surface area contributed by atoms with E-state index < -0.39 is 11.7 Å². The second-order valence-corrected chi connectivity index (χ2v) is 2.64. The minimum Gasteiger partial charge on any atom is -0.696 e. The van der Waals surface area contributed by atoms with Crippen molar-refractivity contribution in [1.82, 2.24) is 0 Å². The number of methoxy groups -OCH3 is 1. The second kappa shape index (κ2) is 3.28. The smallest absolute Gasteiger partial charge is 0.416 e. The van der Waals surface area contributed by atoms with Crippen molar-refractivity contribution in [2.75, 3.05) is 12.8 Å². The van der Waals surface area contributed by atoms with E-state index >= 15 is 0 Å². The molecule has 0 saturated heterocycles. The van der Waals surface area contributed by atoms with Crippen LogP contribution in [0.3, 0.4) is 0 Å². The number of hydrogen-bond donors (Lipinski definition) is 1. The Kier molecular flexibility index (Phi) is 2.46. The van der Waals surface area contributed by atoms with Crippen LogP contribution in [0.2, 0.25) is 0 Å². The lowest BCUT2D eigenvalue weighted by Crippen LogP contribution is -2.06. The van der Waals surface area contributed by atoms with Gasteiger partial charge in [0, 0.05) is 0 Å². The molecule has 0 unspecified atom stereocenters. The normalized spacial score (nSPS) is 11.4. The highest BCUT2D eigenvalue weighted by Gasteiger charge is 2.31. The van der Waals surface area contributed by atoms with E-state index in [1.54, 1.807) is 0 Å². The number of rotatable bonds is 1. The number of anilines is 1. The summed E-state index contributed by atoms with van der Waals surface area (Å²) < 4.78 is 41.3. The summed E-state index contributed by atoms with van der Waals surface area (Å²) in [6.07, 6.45) is -4.49. The molecule has 6 heteroatoms. The standard InChI is InChI=1S/C8H8F3N2O/c1-14-7-5(12)2-4(3-6(7)13)8(9,10)11/h2-3,12H,13H2,1H3/q-1. The maximum atomic E-state index is 12.2. The molecule has 3 nitrogen and oxygen atoms in total. The van der Waals surface area contributed by atoms with Gasteiger partial charge in [0.2, 0.25) is 0 Å². The van der Waals surface area contributed by atoms with Crippen molar-refractivity contribution in [3.8, 4) is 5.75 Å². The Labute approximate surface area is 78.5 Å². The summed E-state index contributed by atoms with van der Waals surface area (Å²) in [6, 6.07) is 1.42. The average Bonchev–Trinajstić information content (AvgIpc) is 2.01. The maximum absolute atomic E-state index is 12.2. The van der Waals surface area contributed by atoms with Gasteiger partial charge < -0.3 is 16.2 Å². The Hall–Kier alpha value is -1.59. The van der Waals surface area contributed by atoms with Gasteiger partial charge in [0.15, 0.2) is 0 Å². The predicted octanol–water partition coefficient (Wildman–Crippen LogP) is 2.98. The molecule has 0 atom stereocenters. The quantitative estimate of drug-likeness (QED) is 0.716. The van der Waals surface area contributed by atoms with Gasteiger partial charge in [-0.25, -0.2) is 0 Å². The van der Waals surface area contributed by atoms with Crippen LogP contribution in [0.25, 0.3) is 5.73 Å². The fourth-order valence-electron chi connectivity index (χ4n) is 1.04. The van der Waals surface area contributed by atoms with Crippen LogP contribution in [-0.2, 0) is 6.18 Å². The average molecular weight is 205 g/mol. The van der Waals surface area contributed by atoms with E-state index in [1.165, 1.54) is 7.11 Å². The molecule has 1 aromatic rings. The summed E-state index contributed by atoms with van der Waals surface area (Å²) in [5.41, 5.74) is 11.0. The van der Waals surface area contributed by atoms with Crippen LogP contribution >= 0.6 is 0 Å². The van der Waals surface area contributed by atoms with Crippen LogP contribution in [0.1, 0.15) is 5.56 Å². The molecule has 14 heavy (non-hydrogen) atoms. The first kappa shape index (κ1) is 10.5.